The molecule has 0 N–H and O–H groups in total. The molecule has 1 aliphatic rings. The fourth-order valence-corrected chi connectivity index (χ4v) is 3.65. The van der Waals surface area contributed by atoms with E-state index in [1.807, 2.05) is 12.1 Å². The normalized spacial score (nSPS) is 12.7. The monoisotopic (exact) mass is 448 g/mol. The molecular weight excluding hydrogens is 424 g/mol. The Labute approximate surface area is 190 Å². The zero-order valence-corrected chi connectivity index (χ0v) is 18.6. The minimum absolute atomic E-state index is 0.174. The Balaban J connectivity index is 1.44. The highest BCUT2D eigenvalue weighted by molar-refractivity contribution is 6.01. The lowest BCUT2D eigenvalue weighted by Crippen LogP contribution is -2.34. The number of aromatic nitrogens is 4. The van der Waals surface area contributed by atoms with Crippen molar-refractivity contribution in [3.05, 3.63) is 59.2 Å². The number of aryl methyl sites for hydroxylation is 1. The first kappa shape index (κ1) is 22.1. The van der Waals surface area contributed by atoms with Gasteiger partial charge in [0.1, 0.15) is 0 Å². The minimum Gasteiger partial charge on any atom is -0.459 e. The van der Waals surface area contributed by atoms with Gasteiger partial charge in [0.05, 0.1) is 18.7 Å². The zero-order valence-electron chi connectivity index (χ0n) is 18.6. The molecule has 0 spiro atoms. The summed E-state index contributed by atoms with van der Waals surface area (Å²) in [6, 6.07) is 12.3. The van der Waals surface area contributed by atoms with E-state index in [1.54, 1.807) is 56.1 Å². The number of hydrogen-bond donors (Lipinski definition) is 0. The number of nitrogens with zero attached hydrogens (tertiary/aromatic N) is 6. The van der Waals surface area contributed by atoms with Crippen LogP contribution in [-0.4, -0.2) is 62.6 Å². The van der Waals surface area contributed by atoms with Gasteiger partial charge in [0, 0.05) is 36.4 Å². The largest absolute Gasteiger partial charge is 0.459 e. The van der Waals surface area contributed by atoms with Crippen molar-refractivity contribution in [3.63, 3.8) is 0 Å². The molecule has 0 unspecified atom stereocenters. The van der Waals surface area contributed by atoms with Gasteiger partial charge in [-0.1, -0.05) is 18.2 Å². The number of anilines is 1. The molecule has 0 fully saturated rings. The SMILES string of the molecule is CC(C)OC(=O)c1ccc2c(c1)C(=O)N(CCN(C=O)c1cccc(-c3nnn(C)n3)c1)C2. The Morgan fingerprint density at radius 3 is 2.76 bits per heavy atom. The number of benzene rings is 2. The summed E-state index contributed by atoms with van der Waals surface area (Å²) in [5.74, 6) is -0.168. The molecule has 3 aromatic rings. The zero-order chi connectivity index (χ0) is 23.5. The van der Waals surface area contributed by atoms with Crippen molar-refractivity contribution < 1.29 is 19.1 Å². The maximum absolute atomic E-state index is 12.9. The van der Waals surface area contributed by atoms with E-state index in [9.17, 15) is 14.4 Å². The van der Waals surface area contributed by atoms with Crippen LogP contribution in [-0.2, 0) is 23.1 Å². The molecule has 1 aromatic heterocycles. The number of rotatable bonds is 8. The predicted octanol–water partition coefficient (Wildman–Crippen LogP) is 2.06. The first-order chi connectivity index (χ1) is 15.9. The van der Waals surface area contributed by atoms with Gasteiger partial charge < -0.3 is 14.5 Å². The van der Waals surface area contributed by atoms with E-state index in [4.69, 9.17) is 4.74 Å². The third-order valence-corrected chi connectivity index (χ3v) is 5.25. The summed E-state index contributed by atoms with van der Waals surface area (Å²) in [6.07, 6.45) is 0.493. The molecule has 170 valence electrons. The third kappa shape index (κ3) is 4.74. The Bertz CT molecular complexity index is 1210. The summed E-state index contributed by atoms with van der Waals surface area (Å²) in [6.45, 7) is 4.62. The Hall–Kier alpha value is -4.08. The molecule has 2 aromatic carbocycles. The van der Waals surface area contributed by atoms with Gasteiger partial charge in [-0.15, -0.1) is 10.2 Å². The quantitative estimate of drug-likeness (QED) is 0.383. The van der Waals surface area contributed by atoms with E-state index < -0.39 is 5.97 Å². The van der Waals surface area contributed by atoms with Crippen molar-refractivity contribution in [2.45, 2.75) is 26.5 Å². The maximum Gasteiger partial charge on any atom is 0.338 e. The number of ether oxygens (including phenoxy) is 1. The van der Waals surface area contributed by atoms with Gasteiger partial charge >= 0.3 is 5.97 Å². The maximum atomic E-state index is 12.9. The van der Waals surface area contributed by atoms with Gasteiger partial charge in [0.15, 0.2) is 0 Å². The molecule has 2 amide bonds. The second-order valence-electron chi connectivity index (χ2n) is 8.00. The predicted molar refractivity (Wildman–Crippen MR) is 119 cm³/mol. The topological polar surface area (TPSA) is 111 Å². The van der Waals surface area contributed by atoms with Gasteiger partial charge in [0.25, 0.3) is 5.91 Å². The summed E-state index contributed by atoms with van der Waals surface area (Å²) in [7, 11) is 1.68. The molecule has 0 saturated carbocycles. The highest BCUT2D eigenvalue weighted by atomic mass is 16.5. The van der Waals surface area contributed by atoms with Crippen LogP contribution in [0.3, 0.4) is 0 Å². The molecule has 4 rings (SSSR count). The summed E-state index contributed by atoms with van der Waals surface area (Å²) < 4.78 is 5.22. The average molecular weight is 448 g/mol. The Morgan fingerprint density at radius 1 is 1.24 bits per heavy atom. The van der Waals surface area contributed by atoms with E-state index >= 15 is 0 Å². The van der Waals surface area contributed by atoms with Crippen LogP contribution in [0.1, 0.15) is 40.1 Å². The third-order valence-electron chi connectivity index (χ3n) is 5.25. The highest BCUT2D eigenvalue weighted by Crippen LogP contribution is 2.25. The van der Waals surface area contributed by atoms with Crippen LogP contribution >= 0.6 is 0 Å². The van der Waals surface area contributed by atoms with Crippen LogP contribution in [0.4, 0.5) is 5.69 Å². The molecule has 0 radical (unpaired) electrons. The van der Waals surface area contributed by atoms with Gasteiger partial charge in [-0.25, -0.2) is 4.79 Å². The summed E-state index contributed by atoms with van der Waals surface area (Å²) >= 11 is 0. The van der Waals surface area contributed by atoms with Crippen LogP contribution in [0.5, 0.6) is 0 Å². The second kappa shape index (κ2) is 9.19. The van der Waals surface area contributed by atoms with E-state index in [0.29, 0.717) is 42.3 Å². The molecule has 0 saturated heterocycles. The number of carbonyl (C=O) groups excluding carboxylic acids is 3. The van der Waals surface area contributed by atoms with E-state index in [0.717, 1.165) is 17.5 Å². The molecule has 2 heterocycles. The van der Waals surface area contributed by atoms with Crippen molar-refractivity contribution in [2.24, 2.45) is 7.05 Å². The smallest absolute Gasteiger partial charge is 0.338 e. The van der Waals surface area contributed by atoms with Crippen LogP contribution in [0.15, 0.2) is 42.5 Å². The number of fused-ring (bicyclic) bond motifs is 1. The molecule has 10 heteroatoms. The number of tetrazole rings is 1. The number of esters is 1. The molecule has 1 aliphatic heterocycles. The Morgan fingerprint density at radius 2 is 2.06 bits per heavy atom. The van der Waals surface area contributed by atoms with Crippen molar-refractivity contribution in [2.75, 3.05) is 18.0 Å². The van der Waals surface area contributed by atoms with Gasteiger partial charge in [0.2, 0.25) is 12.2 Å². The van der Waals surface area contributed by atoms with Crippen LogP contribution in [0, 0.1) is 0 Å². The van der Waals surface area contributed by atoms with E-state index in [2.05, 4.69) is 15.4 Å². The summed E-state index contributed by atoms with van der Waals surface area (Å²) in [5, 5.41) is 12.0. The van der Waals surface area contributed by atoms with E-state index in [1.165, 1.54) is 9.70 Å². The molecule has 0 bridgehead atoms. The standard InChI is InChI=1S/C23H24N6O4/c1-15(2)33-23(32)17-7-8-18-13-28(22(31)20(18)12-17)9-10-29(14-30)19-6-4-5-16(11-19)21-24-26-27(3)25-21/h4-8,11-12,14-15H,9-10,13H2,1-3H3. The lowest BCUT2D eigenvalue weighted by Gasteiger charge is -2.22. The van der Waals surface area contributed by atoms with Crippen LogP contribution in [0.25, 0.3) is 11.4 Å². The van der Waals surface area contributed by atoms with Gasteiger partial charge in [-0.05, 0) is 48.9 Å². The molecule has 10 nitrogen and oxygen atoms in total. The van der Waals surface area contributed by atoms with Crippen molar-refractivity contribution in [3.8, 4) is 11.4 Å². The first-order valence-corrected chi connectivity index (χ1v) is 10.5. The number of amides is 2. The molecule has 0 atom stereocenters. The Kier molecular flexibility index (Phi) is 6.16. The van der Waals surface area contributed by atoms with Gasteiger partial charge in [-0.2, -0.15) is 4.80 Å². The number of hydrogen-bond acceptors (Lipinski definition) is 7. The first-order valence-electron chi connectivity index (χ1n) is 10.5. The van der Waals surface area contributed by atoms with Crippen molar-refractivity contribution >= 4 is 24.0 Å². The fraction of sp³-hybridized carbons (Fsp3) is 0.304. The summed E-state index contributed by atoms with van der Waals surface area (Å²) in [4.78, 5) is 41.4. The average Bonchev–Trinajstić information content (AvgIpc) is 3.37. The number of carbonyl (C=O) groups is 3. The highest BCUT2D eigenvalue weighted by Gasteiger charge is 2.28. The second-order valence-corrected chi connectivity index (χ2v) is 8.00. The molecular formula is C23H24N6O4. The van der Waals surface area contributed by atoms with Crippen molar-refractivity contribution in [1.82, 2.24) is 25.1 Å². The molecule has 0 aliphatic carbocycles. The van der Waals surface area contributed by atoms with Crippen molar-refractivity contribution in [1.29, 1.82) is 0 Å². The van der Waals surface area contributed by atoms with Gasteiger partial charge in [-0.3, -0.25) is 9.59 Å². The van der Waals surface area contributed by atoms with Crippen LogP contribution < -0.4 is 4.90 Å². The lowest BCUT2D eigenvalue weighted by molar-refractivity contribution is -0.107. The fourth-order valence-electron chi connectivity index (χ4n) is 3.65. The lowest BCUT2D eigenvalue weighted by atomic mass is 10.1. The minimum atomic E-state index is -0.455. The van der Waals surface area contributed by atoms with E-state index in [-0.39, 0.29) is 12.0 Å². The van der Waals surface area contributed by atoms with Crippen LogP contribution in [0.2, 0.25) is 0 Å². The summed E-state index contributed by atoms with van der Waals surface area (Å²) in [5.41, 5.74) is 3.08. The molecule has 33 heavy (non-hydrogen) atoms.